The highest BCUT2D eigenvalue weighted by Gasteiger charge is 2.22. The van der Waals surface area contributed by atoms with Crippen molar-refractivity contribution in [1.29, 1.82) is 0 Å². The highest BCUT2D eigenvalue weighted by Crippen LogP contribution is 2.32. The zero-order chi connectivity index (χ0) is 13.3. The first-order valence-electron chi connectivity index (χ1n) is 5.97. The molecule has 0 saturated carbocycles. The van der Waals surface area contributed by atoms with Crippen LogP contribution in [0.25, 0.3) is 11.5 Å². The third-order valence-corrected chi connectivity index (χ3v) is 2.96. The van der Waals surface area contributed by atoms with Gasteiger partial charge in [0, 0.05) is 5.56 Å². The maximum Gasteiger partial charge on any atom is 0.258 e. The van der Waals surface area contributed by atoms with E-state index < -0.39 is 0 Å². The monoisotopic (exact) mass is 264 g/mol. The second kappa shape index (κ2) is 4.73. The largest absolute Gasteiger partial charge is 0.334 e. The van der Waals surface area contributed by atoms with Crippen LogP contribution in [0.2, 0.25) is 0 Å². The highest BCUT2D eigenvalue weighted by molar-refractivity contribution is 6.20. The van der Waals surface area contributed by atoms with E-state index in [9.17, 15) is 0 Å². The van der Waals surface area contributed by atoms with E-state index in [4.69, 9.17) is 16.1 Å². The number of alkyl halides is 1. The molecule has 96 valence electrons. The Morgan fingerprint density at radius 1 is 1.22 bits per heavy atom. The Balaban J connectivity index is 2.50. The standard InChI is InChI=1S/C14H17ClN2O/c1-9(15)12-16-13(18-17-12)10-7-5-6-8-11(10)14(2,3)4/h5-9H,1-4H3. The van der Waals surface area contributed by atoms with Gasteiger partial charge in [-0.3, -0.25) is 0 Å². The van der Waals surface area contributed by atoms with E-state index >= 15 is 0 Å². The van der Waals surface area contributed by atoms with E-state index in [1.54, 1.807) is 0 Å². The molecule has 0 amide bonds. The van der Waals surface area contributed by atoms with Gasteiger partial charge in [0.2, 0.25) is 0 Å². The van der Waals surface area contributed by atoms with Crippen molar-refractivity contribution in [2.45, 2.75) is 38.5 Å². The number of hydrogen-bond acceptors (Lipinski definition) is 3. The summed E-state index contributed by atoms with van der Waals surface area (Å²) in [5.74, 6) is 1.05. The molecule has 2 aromatic rings. The summed E-state index contributed by atoms with van der Waals surface area (Å²) in [6.07, 6.45) is 0. The second-order valence-electron chi connectivity index (χ2n) is 5.37. The first-order chi connectivity index (χ1) is 8.39. The smallest absolute Gasteiger partial charge is 0.258 e. The van der Waals surface area contributed by atoms with Crippen LogP contribution in [0.5, 0.6) is 0 Å². The molecule has 1 unspecified atom stereocenters. The van der Waals surface area contributed by atoms with Gasteiger partial charge in [0.1, 0.15) is 0 Å². The molecule has 3 nitrogen and oxygen atoms in total. The zero-order valence-corrected chi connectivity index (χ0v) is 11.8. The molecule has 4 heteroatoms. The highest BCUT2D eigenvalue weighted by atomic mass is 35.5. The van der Waals surface area contributed by atoms with Gasteiger partial charge in [0.15, 0.2) is 5.82 Å². The van der Waals surface area contributed by atoms with Crippen molar-refractivity contribution in [3.63, 3.8) is 0 Å². The third kappa shape index (κ3) is 2.56. The minimum atomic E-state index is -0.246. The SMILES string of the molecule is CC(Cl)c1noc(-c2ccccc2C(C)(C)C)n1. The first kappa shape index (κ1) is 13.1. The Kier molecular flexibility index (Phi) is 3.44. The summed E-state index contributed by atoms with van der Waals surface area (Å²) in [4.78, 5) is 4.34. The van der Waals surface area contributed by atoms with Crippen LogP contribution in [0.1, 0.15) is 44.5 Å². The third-order valence-electron chi connectivity index (χ3n) is 2.76. The van der Waals surface area contributed by atoms with Crippen molar-refractivity contribution in [3.8, 4) is 11.5 Å². The number of halogens is 1. The number of nitrogens with zero attached hydrogens (tertiary/aromatic N) is 2. The first-order valence-corrected chi connectivity index (χ1v) is 6.41. The summed E-state index contributed by atoms with van der Waals surface area (Å²) in [6.45, 7) is 8.31. The van der Waals surface area contributed by atoms with Crippen molar-refractivity contribution < 1.29 is 4.52 Å². The normalized spacial score (nSPS) is 13.6. The van der Waals surface area contributed by atoms with E-state index in [1.165, 1.54) is 5.56 Å². The average Bonchev–Trinajstić information content (AvgIpc) is 2.77. The lowest BCUT2D eigenvalue weighted by atomic mass is 9.84. The summed E-state index contributed by atoms with van der Waals surface area (Å²) in [5, 5.41) is 3.65. The molecule has 18 heavy (non-hydrogen) atoms. The van der Waals surface area contributed by atoms with Crippen LogP contribution < -0.4 is 0 Å². The molecular formula is C14H17ClN2O. The Hall–Kier alpha value is -1.35. The number of benzene rings is 1. The Morgan fingerprint density at radius 2 is 1.89 bits per heavy atom. The minimum Gasteiger partial charge on any atom is -0.334 e. The van der Waals surface area contributed by atoms with Crippen molar-refractivity contribution in [2.24, 2.45) is 0 Å². The van der Waals surface area contributed by atoms with Gasteiger partial charge in [-0.05, 0) is 24.0 Å². The van der Waals surface area contributed by atoms with Gasteiger partial charge in [-0.2, -0.15) is 4.98 Å². The maximum absolute atomic E-state index is 5.95. The van der Waals surface area contributed by atoms with Crippen LogP contribution in [0.15, 0.2) is 28.8 Å². The fourth-order valence-corrected chi connectivity index (χ4v) is 1.92. The maximum atomic E-state index is 5.95. The summed E-state index contributed by atoms with van der Waals surface area (Å²) < 4.78 is 5.30. The van der Waals surface area contributed by atoms with Crippen LogP contribution >= 0.6 is 11.6 Å². The van der Waals surface area contributed by atoms with Crippen molar-refractivity contribution in [2.75, 3.05) is 0 Å². The summed E-state index contributed by atoms with van der Waals surface area (Å²) >= 11 is 5.95. The van der Waals surface area contributed by atoms with E-state index in [-0.39, 0.29) is 10.8 Å². The Morgan fingerprint density at radius 3 is 2.44 bits per heavy atom. The number of rotatable bonds is 2. The van der Waals surface area contributed by atoms with E-state index in [0.29, 0.717) is 11.7 Å². The molecule has 2 rings (SSSR count). The predicted molar refractivity (Wildman–Crippen MR) is 72.7 cm³/mol. The minimum absolute atomic E-state index is 0.0256. The molecule has 1 aromatic carbocycles. The van der Waals surface area contributed by atoms with E-state index in [2.05, 4.69) is 37.0 Å². The summed E-state index contributed by atoms with van der Waals surface area (Å²) in [7, 11) is 0. The van der Waals surface area contributed by atoms with Gasteiger partial charge in [-0.1, -0.05) is 44.1 Å². The summed E-state index contributed by atoms with van der Waals surface area (Å²) in [5.41, 5.74) is 2.18. The predicted octanol–water partition coefficient (Wildman–Crippen LogP) is 4.33. The van der Waals surface area contributed by atoms with Gasteiger partial charge >= 0.3 is 0 Å². The molecule has 0 N–H and O–H groups in total. The van der Waals surface area contributed by atoms with Crippen molar-refractivity contribution in [1.82, 2.24) is 10.1 Å². The quantitative estimate of drug-likeness (QED) is 0.758. The van der Waals surface area contributed by atoms with Crippen LogP contribution in [-0.4, -0.2) is 10.1 Å². The molecule has 0 spiro atoms. The Bertz CT molecular complexity index is 541. The van der Waals surface area contributed by atoms with Crippen LogP contribution in [0.4, 0.5) is 0 Å². The van der Waals surface area contributed by atoms with Crippen LogP contribution in [0.3, 0.4) is 0 Å². The number of hydrogen-bond donors (Lipinski definition) is 0. The van der Waals surface area contributed by atoms with Gasteiger partial charge < -0.3 is 4.52 Å². The molecular weight excluding hydrogens is 248 g/mol. The lowest BCUT2D eigenvalue weighted by Gasteiger charge is -2.21. The summed E-state index contributed by atoms with van der Waals surface area (Å²) in [6, 6.07) is 8.07. The van der Waals surface area contributed by atoms with Crippen molar-refractivity contribution >= 4 is 11.6 Å². The molecule has 0 saturated heterocycles. The average molecular weight is 265 g/mol. The molecule has 1 atom stereocenters. The Labute approximate surface area is 112 Å². The fraction of sp³-hybridized carbons (Fsp3) is 0.429. The van der Waals surface area contributed by atoms with E-state index in [1.807, 2.05) is 25.1 Å². The molecule has 0 fully saturated rings. The molecule has 0 aliphatic carbocycles. The van der Waals surface area contributed by atoms with Crippen molar-refractivity contribution in [3.05, 3.63) is 35.7 Å². The topological polar surface area (TPSA) is 38.9 Å². The zero-order valence-electron chi connectivity index (χ0n) is 11.1. The molecule has 1 heterocycles. The van der Waals surface area contributed by atoms with Gasteiger partial charge in [-0.15, -0.1) is 11.6 Å². The molecule has 0 radical (unpaired) electrons. The van der Waals surface area contributed by atoms with E-state index in [0.717, 1.165) is 5.56 Å². The molecule has 0 aliphatic heterocycles. The second-order valence-corrected chi connectivity index (χ2v) is 6.02. The van der Waals surface area contributed by atoms with Gasteiger partial charge in [0.25, 0.3) is 5.89 Å². The molecule has 0 bridgehead atoms. The lowest BCUT2D eigenvalue weighted by molar-refractivity contribution is 0.421. The molecule has 1 aromatic heterocycles. The lowest BCUT2D eigenvalue weighted by Crippen LogP contribution is -2.12. The van der Waals surface area contributed by atoms with Gasteiger partial charge in [-0.25, -0.2) is 0 Å². The van der Waals surface area contributed by atoms with Crippen LogP contribution in [-0.2, 0) is 5.41 Å². The van der Waals surface area contributed by atoms with Gasteiger partial charge in [0.05, 0.1) is 5.38 Å². The number of aromatic nitrogens is 2. The molecule has 0 aliphatic rings. The van der Waals surface area contributed by atoms with Crippen LogP contribution in [0, 0.1) is 0 Å². The fourth-order valence-electron chi connectivity index (χ4n) is 1.83.